The van der Waals surface area contributed by atoms with Gasteiger partial charge in [-0.25, -0.2) is 14.8 Å². The molecule has 0 radical (unpaired) electrons. The average Bonchev–Trinajstić information content (AvgIpc) is 3.10. The number of ether oxygens (including phenoxy) is 2. The molecule has 1 aromatic heterocycles. The molecule has 0 aliphatic carbocycles. The molecule has 9 heteroatoms. The number of fused-ring (bicyclic) bond motifs is 2. The molecule has 24 heavy (non-hydrogen) atoms. The Labute approximate surface area is 136 Å². The molecule has 0 saturated carbocycles. The van der Waals surface area contributed by atoms with E-state index < -0.39 is 5.91 Å². The normalized spacial score (nSPS) is 22.2. The van der Waals surface area contributed by atoms with Gasteiger partial charge < -0.3 is 25.4 Å². The minimum atomic E-state index is -0.583. The summed E-state index contributed by atoms with van der Waals surface area (Å²) in [4.78, 5) is 33.4. The Bertz CT molecular complexity index is 839. The van der Waals surface area contributed by atoms with Crippen LogP contribution in [-0.2, 0) is 4.74 Å². The molecule has 9 nitrogen and oxygen atoms in total. The largest absolute Gasteiger partial charge is 0.496 e. The molecule has 0 bridgehead atoms. The van der Waals surface area contributed by atoms with Gasteiger partial charge in [-0.15, -0.1) is 0 Å². The van der Waals surface area contributed by atoms with E-state index >= 15 is 0 Å². The lowest BCUT2D eigenvalue weighted by Gasteiger charge is -2.20. The number of aromatic nitrogens is 2. The van der Waals surface area contributed by atoms with Crippen LogP contribution in [0.1, 0.15) is 10.4 Å². The maximum Gasteiger partial charge on any atom is 0.407 e. The second-order valence-corrected chi connectivity index (χ2v) is 5.73. The maximum atomic E-state index is 11.6. The topological polar surface area (TPSA) is 120 Å². The van der Waals surface area contributed by atoms with Crippen LogP contribution in [0.4, 0.5) is 10.6 Å². The number of nitrogens with two attached hydrogens (primary N) is 1. The summed E-state index contributed by atoms with van der Waals surface area (Å²) in [6.07, 6.45) is 0.849. The zero-order chi connectivity index (χ0) is 16.8. The van der Waals surface area contributed by atoms with Gasteiger partial charge in [-0.3, -0.25) is 4.79 Å². The van der Waals surface area contributed by atoms with Crippen LogP contribution in [0.3, 0.4) is 0 Å². The first-order valence-electron chi connectivity index (χ1n) is 7.41. The van der Waals surface area contributed by atoms with Gasteiger partial charge in [-0.2, -0.15) is 0 Å². The van der Waals surface area contributed by atoms with Gasteiger partial charge in [0, 0.05) is 11.9 Å². The van der Waals surface area contributed by atoms with Gasteiger partial charge in [-0.05, 0) is 12.1 Å². The van der Waals surface area contributed by atoms with Gasteiger partial charge in [0.15, 0.2) is 0 Å². The van der Waals surface area contributed by atoms with Crippen molar-refractivity contribution in [1.82, 2.24) is 15.3 Å². The fraction of sp³-hybridized carbons (Fsp3) is 0.333. The molecule has 124 valence electrons. The average molecular weight is 329 g/mol. The van der Waals surface area contributed by atoms with Crippen molar-refractivity contribution in [2.45, 2.75) is 12.1 Å². The summed E-state index contributed by atoms with van der Waals surface area (Å²) in [7, 11) is 1.47. The standard InChI is InChI=1S/C15H15N5O4/c1-23-11-3-7-9(2-8(11)13(16)21)17-6-18-14(7)20-4-10-12(5-20)24-15(22)19-10/h2-3,6,10,12H,4-5H2,1H3,(H2,16,21)(H,19,22)/t10-,12+/m1/s1. The van der Waals surface area contributed by atoms with E-state index in [1.807, 2.05) is 4.90 Å². The molecule has 1 aromatic carbocycles. The van der Waals surface area contributed by atoms with E-state index in [1.165, 1.54) is 13.4 Å². The van der Waals surface area contributed by atoms with E-state index in [4.69, 9.17) is 15.2 Å². The fourth-order valence-corrected chi connectivity index (χ4v) is 3.21. The summed E-state index contributed by atoms with van der Waals surface area (Å²) in [6, 6.07) is 3.24. The van der Waals surface area contributed by atoms with Crippen molar-refractivity contribution in [3.8, 4) is 5.75 Å². The van der Waals surface area contributed by atoms with E-state index in [0.717, 1.165) is 5.39 Å². The van der Waals surface area contributed by atoms with Gasteiger partial charge >= 0.3 is 6.09 Å². The van der Waals surface area contributed by atoms with Gasteiger partial charge in [0.1, 0.15) is 24.0 Å². The predicted molar refractivity (Wildman–Crippen MR) is 84.0 cm³/mol. The lowest BCUT2D eigenvalue weighted by atomic mass is 10.1. The molecule has 4 rings (SSSR count). The van der Waals surface area contributed by atoms with Gasteiger partial charge in [-0.1, -0.05) is 0 Å². The number of rotatable bonds is 3. The highest BCUT2D eigenvalue weighted by atomic mass is 16.6. The number of amides is 2. The second kappa shape index (κ2) is 5.22. The van der Waals surface area contributed by atoms with Crippen LogP contribution in [-0.4, -0.2) is 54.3 Å². The number of anilines is 1. The molecule has 2 fully saturated rings. The number of benzene rings is 1. The number of nitrogens with one attached hydrogen (secondary N) is 1. The fourth-order valence-electron chi connectivity index (χ4n) is 3.21. The molecule has 2 saturated heterocycles. The molecule has 3 N–H and O–H groups in total. The molecule has 2 atom stereocenters. The Kier molecular flexibility index (Phi) is 3.15. The second-order valence-electron chi connectivity index (χ2n) is 5.73. The molecule has 2 amide bonds. The summed E-state index contributed by atoms with van der Waals surface area (Å²) < 4.78 is 10.5. The van der Waals surface area contributed by atoms with Crippen LogP contribution >= 0.6 is 0 Å². The van der Waals surface area contributed by atoms with Crippen molar-refractivity contribution in [3.05, 3.63) is 24.0 Å². The van der Waals surface area contributed by atoms with Crippen LogP contribution in [0.25, 0.3) is 10.9 Å². The molecule has 3 heterocycles. The summed E-state index contributed by atoms with van der Waals surface area (Å²) in [6.45, 7) is 1.12. The zero-order valence-corrected chi connectivity index (χ0v) is 12.9. The predicted octanol–water partition coefficient (Wildman–Crippen LogP) is 0.0343. The van der Waals surface area contributed by atoms with E-state index in [2.05, 4.69) is 15.3 Å². The van der Waals surface area contributed by atoms with E-state index in [0.29, 0.717) is 30.2 Å². The zero-order valence-electron chi connectivity index (χ0n) is 12.9. The highest BCUT2D eigenvalue weighted by molar-refractivity contribution is 6.02. The van der Waals surface area contributed by atoms with Crippen molar-refractivity contribution in [2.75, 3.05) is 25.1 Å². The Hall–Kier alpha value is -3.10. The van der Waals surface area contributed by atoms with Crippen LogP contribution in [0, 0.1) is 0 Å². The number of hydrogen-bond donors (Lipinski definition) is 2. The lowest BCUT2D eigenvalue weighted by molar-refractivity contribution is 0.0997. The Balaban J connectivity index is 1.77. The monoisotopic (exact) mass is 329 g/mol. The number of nitrogens with zero attached hydrogens (tertiary/aromatic N) is 3. The highest BCUT2D eigenvalue weighted by Crippen LogP contribution is 2.32. The Morgan fingerprint density at radius 2 is 2.25 bits per heavy atom. The number of primary amides is 1. The van der Waals surface area contributed by atoms with Crippen molar-refractivity contribution in [1.29, 1.82) is 0 Å². The minimum absolute atomic E-state index is 0.0608. The van der Waals surface area contributed by atoms with Crippen molar-refractivity contribution >= 4 is 28.7 Å². The lowest BCUT2D eigenvalue weighted by Crippen LogP contribution is -2.32. The summed E-state index contributed by atoms with van der Waals surface area (Å²) >= 11 is 0. The van der Waals surface area contributed by atoms with E-state index in [9.17, 15) is 9.59 Å². The van der Waals surface area contributed by atoms with Crippen LogP contribution in [0.5, 0.6) is 5.75 Å². The quantitative estimate of drug-likeness (QED) is 0.815. The first-order valence-corrected chi connectivity index (χ1v) is 7.41. The van der Waals surface area contributed by atoms with Gasteiger partial charge in [0.05, 0.1) is 30.8 Å². The Morgan fingerprint density at radius 3 is 2.96 bits per heavy atom. The van der Waals surface area contributed by atoms with Crippen LogP contribution < -0.4 is 20.7 Å². The third-order valence-corrected chi connectivity index (χ3v) is 4.33. The first kappa shape index (κ1) is 14.5. The summed E-state index contributed by atoms with van der Waals surface area (Å²) in [5.41, 5.74) is 6.25. The number of hydrogen-bond acceptors (Lipinski definition) is 7. The van der Waals surface area contributed by atoms with Crippen molar-refractivity contribution in [3.63, 3.8) is 0 Å². The van der Waals surface area contributed by atoms with E-state index in [-0.39, 0.29) is 23.8 Å². The molecular weight excluding hydrogens is 314 g/mol. The Morgan fingerprint density at radius 1 is 1.42 bits per heavy atom. The van der Waals surface area contributed by atoms with Crippen LogP contribution in [0.2, 0.25) is 0 Å². The highest BCUT2D eigenvalue weighted by Gasteiger charge is 2.42. The smallest absolute Gasteiger partial charge is 0.407 e. The molecule has 0 spiro atoms. The third kappa shape index (κ3) is 2.16. The number of alkyl carbamates (subject to hydrolysis) is 1. The number of methoxy groups -OCH3 is 1. The molecule has 2 aliphatic rings. The molecule has 2 aromatic rings. The van der Waals surface area contributed by atoms with Gasteiger partial charge in [0.25, 0.3) is 5.91 Å². The first-order chi connectivity index (χ1) is 11.6. The van der Waals surface area contributed by atoms with E-state index in [1.54, 1.807) is 12.1 Å². The summed E-state index contributed by atoms with van der Waals surface area (Å²) in [5, 5.41) is 3.52. The van der Waals surface area contributed by atoms with Gasteiger partial charge in [0.2, 0.25) is 0 Å². The summed E-state index contributed by atoms with van der Waals surface area (Å²) in [5.74, 6) is 0.484. The SMILES string of the molecule is COc1cc2c(N3C[C@@H]4OC(=O)N[C@@H]4C3)ncnc2cc1C(N)=O. The third-order valence-electron chi connectivity index (χ3n) is 4.33. The molecule has 0 unspecified atom stereocenters. The minimum Gasteiger partial charge on any atom is -0.496 e. The maximum absolute atomic E-state index is 11.6. The molecular formula is C15H15N5O4. The van der Waals surface area contributed by atoms with Crippen molar-refractivity contribution in [2.24, 2.45) is 5.73 Å². The number of carbonyl (C=O) groups is 2. The molecule has 2 aliphatic heterocycles. The van der Waals surface area contributed by atoms with Crippen molar-refractivity contribution < 1.29 is 19.1 Å². The van der Waals surface area contributed by atoms with Crippen LogP contribution in [0.15, 0.2) is 18.5 Å². The number of carbonyl (C=O) groups excluding carboxylic acids is 2.